The maximum atomic E-state index is 11.3. The van der Waals surface area contributed by atoms with Crippen LogP contribution in [0.2, 0.25) is 0 Å². The Balaban J connectivity index is 3.47. The molecule has 0 heterocycles. The molecule has 13 heavy (non-hydrogen) atoms. The Labute approximate surface area is 93.4 Å². The van der Waals surface area contributed by atoms with Gasteiger partial charge in [0.25, 0.3) is 0 Å². The first-order chi connectivity index (χ1) is 5.82. The highest BCUT2D eigenvalue weighted by Crippen LogP contribution is 2.34. The summed E-state index contributed by atoms with van der Waals surface area (Å²) in [7, 11) is -2.74. The Morgan fingerprint density at radius 3 is 2.08 bits per heavy atom. The zero-order valence-corrected chi connectivity index (χ0v) is 10.7. The predicted molar refractivity (Wildman–Crippen MR) is 58.6 cm³/mol. The van der Waals surface area contributed by atoms with Crippen LogP contribution in [0.15, 0.2) is 26.0 Å². The standard InChI is InChI=1S/C7H7Br2NO2S/c1-13(10,12)4-2-5(8)7(11)6(9)3-4/h2-3,10-11H,1H3. The zero-order chi connectivity index (χ0) is 10.2. The van der Waals surface area contributed by atoms with E-state index in [9.17, 15) is 9.32 Å². The molecule has 0 saturated heterocycles. The van der Waals surface area contributed by atoms with Crippen LogP contribution < -0.4 is 0 Å². The van der Waals surface area contributed by atoms with Gasteiger partial charge in [0.05, 0.1) is 18.7 Å². The number of phenols is 1. The predicted octanol–water partition coefficient (Wildman–Crippen LogP) is 2.95. The summed E-state index contributed by atoms with van der Waals surface area (Å²) in [5.41, 5.74) is 0. The number of phenolic OH excluding ortho intramolecular Hbond substituents is 1. The first-order valence-corrected chi connectivity index (χ1v) is 6.79. The smallest absolute Gasteiger partial charge is 0.144 e. The summed E-state index contributed by atoms with van der Waals surface area (Å²) >= 11 is 6.20. The first-order valence-electron chi connectivity index (χ1n) is 3.24. The van der Waals surface area contributed by atoms with Gasteiger partial charge in [0.15, 0.2) is 0 Å². The van der Waals surface area contributed by atoms with Crippen molar-refractivity contribution in [2.24, 2.45) is 0 Å². The molecule has 1 aromatic rings. The third-order valence-electron chi connectivity index (χ3n) is 1.44. The Hall–Kier alpha value is -0.0700. The summed E-state index contributed by atoms with van der Waals surface area (Å²) in [6.45, 7) is 0. The average Bonchev–Trinajstić information content (AvgIpc) is 1.97. The van der Waals surface area contributed by atoms with E-state index in [1.807, 2.05) is 0 Å². The van der Waals surface area contributed by atoms with E-state index in [2.05, 4.69) is 31.9 Å². The fourth-order valence-corrected chi connectivity index (χ4v) is 2.94. The molecule has 1 atom stereocenters. The topological polar surface area (TPSA) is 61.2 Å². The molecule has 6 heteroatoms. The van der Waals surface area contributed by atoms with Crippen molar-refractivity contribution in [1.82, 2.24) is 0 Å². The minimum Gasteiger partial charge on any atom is -0.506 e. The molecular weight excluding hydrogens is 322 g/mol. The molecule has 0 radical (unpaired) electrons. The van der Waals surface area contributed by atoms with Gasteiger partial charge in [-0.2, -0.15) is 0 Å². The van der Waals surface area contributed by atoms with Crippen LogP contribution in [0.3, 0.4) is 0 Å². The normalized spacial score (nSPS) is 15.3. The molecule has 0 amide bonds. The molecule has 2 N–H and O–H groups in total. The Morgan fingerprint density at radius 2 is 1.77 bits per heavy atom. The van der Waals surface area contributed by atoms with Crippen molar-refractivity contribution >= 4 is 41.6 Å². The summed E-state index contributed by atoms with van der Waals surface area (Å²) in [4.78, 5) is 0.379. The van der Waals surface area contributed by atoms with Gasteiger partial charge in [-0.3, -0.25) is 0 Å². The molecule has 3 nitrogen and oxygen atoms in total. The molecule has 72 valence electrons. The largest absolute Gasteiger partial charge is 0.506 e. The van der Waals surface area contributed by atoms with Gasteiger partial charge in [-0.05, 0) is 44.0 Å². The molecule has 1 unspecified atom stereocenters. The highest BCUT2D eigenvalue weighted by molar-refractivity contribution is 9.11. The summed E-state index contributed by atoms with van der Waals surface area (Å²) < 4.78 is 19.5. The van der Waals surface area contributed by atoms with Crippen LogP contribution in [0.25, 0.3) is 0 Å². The van der Waals surface area contributed by atoms with E-state index in [1.165, 1.54) is 18.4 Å². The lowest BCUT2D eigenvalue weighted by Gasteiger charge is -2.05. The number of benzene rings is 1. The van der Waals surface area contributed by atoms with Gasteiger partial charge >= 0.3 is 0 Å². The van der Waals surface area contributed by atoms with Gasteiger partial charge in [0.2, 0.25) is 0 Å². The minimum atomic E-state index is -2.74. The second kappa shape index (κ2) is 3.59. The van der Waals surface area contributed by atoms with Gasteiger partial charge < -0.3 is 5.11 Å². The van der Waals surface area contributed by atoms with Crippen LogP contribution in [0, 0.1) is 4.78 Å². The molecule has 0 saturated carbocycles. The molecule has 0 aliphatic carbocycles. The van der Waals surface area contributed by atoms with Crippen LogP contribution in [0.4, 0.5) is 0 Å². The maximum absolute atomic E-state index is 11.3. The molecular formula is C7H7Br2NO2S. The molecule has 0 aromatic heterocycles. The molecule has 1 aromatic carbocycles. The van der Waals surface area contributed by atoms with Gasteiger partial charge in [0.1, 0.15) is 5.75 Å². The highest BCUT2D eigenvalue weighted by atomic mass is 79.9. The fraction of sp³-hybridized carbons (Fsp3) is 0.143. The zero-order valence-electron chi connectivity index (χ0n) is 6.67. The lowest BCUT2D eigenvalue weighted by Crippen LogP contribution is -1.94. The SMILES string of the molecule is CS(=N)(=O)c1cc(Br)c(O)c(Br)c1. The minimum absolute atomic E-state index is 0.0485. The third-order valence-corrected chi connectivity index (χ3v) is 3.78. The second-order valence-corrected chi connectivity index (χ2v) is 6.45. The Kier molecular flexibility index (Phi) is 3.04. The van der Waals surface area contributed by atoms with E-state index in [1.54, 1.807) is 0 Å². The van der Waals surface area contributed by atoms with E-state index >= 15 is 0 Å². The summed E-state index contributed by atoms with van der Waals surface area (Å²) in [5, 5.41) is 9.35. The van der Waals surface area contributed by atoms with Crippen LogP contribution >= 0.6 is 31.9 Å². The molecule has 0 aliphatic heterocycles. The van der Waals surface area contributed by atoms with Crippen molar-refractivity contribution in [2.75, 3.05) is 6.26 Å². The number of nitrogens with one attached hydrogen (secondary N) is 1. The van der Waals surface area contributed by atoms with E-state index in [0.29, 0.717) is 13.8 Å². The maximum Gasteiger partial charge on any atom is 0.144 e. The number of hydrogen-bond donors (Lipinski definition) is 2. The lowest BCUT2D eigenvalue weighted by atomic mass is 10.3. The van der Waals surface area contributed by atoms with Gasteiger partial charge in [-0.25, -0.2) is 8.99 Å². The van der Waals surface area contributed by atoms with Gasteiger partial charge in [0, 0.05) is 11.2 Å². The monoisotopic (exact) mass is 327 g/mol. The van der Waals surface area contributed by atoms with Crippen LogP contribution in [0.5, 0.6) is 5.75 Å². The van der Waals surface area contributed by atoms with E-state index in [4.69, 9.17) is 4.78 Å². The molecule has 1 rings (SSSR count). The van der Waals surface area contributed by atoms with Crippen molar-refractivity contribution in [3.8, 4) is 5.75 Å². The van der Waals surface area contributed by atoms with Crippen LogP contribution in [-0.2, 0) is 9.73 Å². The van der Waals surface area contributed by atoms with Crippen molar-refractivity contribution < 1.29 is 9.32 Å². The van der Waals surface area contributed by atoms with Crippen molar-refractivity contribution in [2.45, 2.75) is 4.90 Å². The van der Waals surface area contributed by atoms with Crippen LogP contribution in [-0.4, -0.2) is 15.6 Å². The van der Waals surface area contributed by atoms with E-state index in [0.717, 1.165) is 0 Å². The molecule has 0 aliphatic rings. The third kappa shape index (κ3) is 2.45. The lowest BCUT2D eigenvalue weighted by molar-refractivity contribution is 0.468. The van der Waals surface area contributed by atoms with Crippen LogP contribution in [0.1, 0.15) is 0 Å². The summed E-state index contributed by atoms with van der Waals surface area (Å²) in [6.07, 6.45) is 1.33. The molecule has 0 spiro atoms. The quantitative estimate of drug-likeness (QED) is 0.832. The van der Waals surface area contributed by atoms with Crippen molar-refractivity contribution in [3.05, 3.63) is 21.1 Å². The second-order valence-electron chi connectivity index (χ2n) is 2.58. The number of hydrogen-bond acceptors (Lipinski definition) is 3. The fourth-order valence-electron chi connectivity index (χ4n) is 0.767. The highest BCUT2D eigenvalue weighted by Gasteiger charge is 2.10. The Bertz CT molecular complexity index is 419. The Morgan fingerprint density at radius 1 is 1.38 bits per heavy atom. The summed E-state index contributed by atoms with van der Waals surface area (Å²) in [5.74, 6) is 0.0485. The van der Waals surface area contributed by atoms with Gasteiger partial charge in [-0.15, -0.1) is 0 Å². The number of halogens is 2. The molecule has 0 bridgehead atoms. The van der Waals surface area contributed by atoms with Crippen molar-refractivity contribution in [1.29, 1.82) is 4.78 Å². The van der Waals surface area contributed by atoms with E-state index < -0.39 is 9.73 Å². The average molecular weight is 329 g/mol. The van der Waals surface area contributed by atoms with Crippen molar-refractivity contribution in [3.63, 3.8) is 0 Å². The summed E-state index contributed by atoms with van der Waals surface area (Å²) in [6, 6.07) is 2.96. The van der Waals surface area contributed by atoms with Gasteiger partial charge in [-0.1, -0.05) is 0 Å². The van der Waals surface area contributed by atoms with E-state index in [-0.39, 0.29) is 5.75 Å². The number of rotatable bonds is 1. The number of aromatic hydroxyl groups is 1. The molecule has 0 fully saturated rings. The first kappa shape index (κ1) is 11.0.